The van der Waals surface area contributed by atoms with Gasteiger partial charge in [-0.1, -0.05) is 48.0 Å². The molecule has 1 unspecified atom stereocenters. The minimum absolute atomic E-state index is 0.0495. The summed E-state index contributed by atoms with van der Waals surface area (Å²) in [5, 5.41) is 9.32. The zero-order valence-electron chi connectivity index (χ0n) is 19.3. The van der Waals surface area contributed by atoms with Gasteiger partial charge in [-0.2, -0.15) is 13.2 Å². The van der Waals surface area contributed by atoms with Crippen molar-refractivity contribution >= 4 is 28.8 Å². The van der Waals surface area contributed by atoms with E-state index in [-0.39, 0.29) is 36.5 Å². The lowest BCUT2D eigenvalue weighted by molar-refractivity contribution is -0.138. The molecule has 1 aliphatic rings. The molecule has 7 nitrogen and oxygen atoms in total. The van der Waals surface area contributed by atoms with Crippen LogP contribution in [0.25, 0.3) is 10.8 Å². The molecule has 0 aliphatic carbocycles. The summed E-state index contributed by atoms with van der Waals surface area (Å²) in [4.78, 5) is 17.2. The van der Waals surface area contributed by atoms with E-state index >= 15 is 0 Å². The van der Waals surface area contributed by atoms with Gasteiger partial charge >= 0.3 is 6.18 Å². The number of nitrogens with zero attached hydrogens (tertiary/aromatic N) is 4. The second-order valence-electron chi connectivity index (χ2n) is 8.51. The fraction of sp³-hybridized carbons (Fsp3) is 0.231. The molecule has 2 aromatic heterocycles. The van der Waals surface area contributed by atoms with Crippen molar-refractivity contribution in [1.29, 1.82) is 0 Å². The number of halogens is 4. The third kappa shape index (κ3) is 4.94. The van der Waals surface area contributed by atoms with E-state index < -0.39 is 17.3 Å². The Hall–Kier alpha value is -3.76. The number of carbonyl (C=O) groups excluding carboxylic acids is 1. The predicted molar refractivity (Wildman–Crippen MR) is 129 cm³/mol. The number of amides is 1. The molecule has 1 saturated heterocycles. The fourth-order valence-corrected chi connectivity index (χ4v) is 4.49. The smallest absolute Gasteiger partial charge is 0.417 e. The summed E-state index contributed by atoms with van der Waals surface area (Å²) in [6.45, 7) is 0.815. The molecule has 1 amide bonds. The molecule has 0 radical (unpaired) electrons. The van der Waals surface area contributed by atoms with E-state index in [9.17, 15) is 18.0 Å². The average molecular weight is 529 g/mol. The Bertz CT molecular complexity index is 1420. The van der Waals surface area contributed by atoms with Crippen molar-refractivity contribution in [3.8, 4) is 5.88 Å². The maximum atomic E-state index is 13.2. The summed E-state index contributed by atoms with van der Waals surface area (Å²) in [7, 11) is 0. The van der Waals surface area contributed by atoms with E-state index in [1.54, 1.807) is 18.2 Å². The van der Waals surface area contributed by atoms with Crippen LogP contribution in [0, 0.1) is 0 Å². The van der Waals surface area contributed by atoms with Crippen molar-refractivity contribution in [1.82, 2.24) is 20.1 Å². The molecule has 4 aromatic rings. The molecule has 190 valence electrons. The van der Waals surface area contributed by atoms with Crippen LogP contribution in [0.2, 0.25) is 5.15 Å². The van der Waals surface area contributed by atoms with Crippen LogP contribution in [-0.4, -0.2) is 46.2 Å². The van der Waals surface area contributed by atoms with Crippen LogP contribution in [-0.2, 0) is 27.9 Å². The molecule has 1 aliphatic heterocycles. The standard InChI is InChI=1S/C26H20ClF3N4O3/c27-23-21-12-18(6-8-20(21)24(33-32-23)36-14-17-4-2-1-3-5-17)25(15-34(16-35)10-11-37-25)22-9-7-19(13-31-22)26(28,29)30/h1-9,12-13,16H,10-11,14-15H2. The first-order chi connectivity index (χ1) is 17.8. The van der Waals surface area contributed by atoms with E-state index in [2.05, 4.69) is 15.2 Å². The molecular weight excluding hydrogens is 509 g/mol. The van der Waals surface area contributed by atoms with Crippen LogP contribution < -0.4 is 4.74 Å². The van der Waals surface area contributed by atoms with Gasteiger partial charge in [-0.15, -0.1) is 10.2 Å². The number of hydrogen-bond donors (Lipinski definition) is 0. The Balaban J connectivity index is 1.57. The van der Waals surface area contributed by atoms with Crippen molar-refractivity contribution in [3.63, 3.8) is 0 Å². The number of alkyl halides is 3. The van der Waals surface area contributed by atoms with E-state index in [4.69, 9.17) is 21.1 Å². The van der Waals surface area contributed by atoms with Crippen LogP contribution in [0.15, 0.2) is 66.9 Å². The van der Waals surface area contributed by atoms with Crippen LogP contribution in [0.1, 0.15) is 22.4 Å². The SMILES string of the molecule is O=CN1CCOC(c2ccc3c(OCc4ccccc4)nnc(Cl)c3c2)(c2ccc(C(F)(F)F)cn2)C1. The van der Waals surface area contributed by atoms with Gasteiger partial charge in [0.2, 0.25) is 12.3 Å². The Kier molecular flexibility index (Phi) is 6.70. The minimum atomic E-state index is -4.54. The molecule has 37 heavy (non-hydrogen) atoms. The summed E-state index contributed by atoms with van der Waals surface area (Å²) in [6, 6.07) is 17.0. The molecule has 0 bridgehead atoms. The quantitative estimate of drug-likeness (QED) is 0.328. The average Bonchev–Trinajstić information content (AvgIpc) is 2.93. The van der Waals surface area contributed by atoms with Gasteiger partial charge in [0, 0.05) is 23.5 Å². The van der Waals surface area contributed by atoms with Crippen molar-refractivity contribution < 1.29 is 27.4 Å². The molecule has 1 fully saturated rings. The summed E-state index contributed by atoms with van der Waals surface area (Å²) >= 11 is 6.40. The third-order valence-electron chi connectivity index (χ3n) is 6.19. The van der Waals surface area contributed by atoms with E-state index in [1.165, 1.54) is 11.0 Å². The molecule has 2 aromatic carbocycles. The Morgan fingerprint density at radius 1 is 1.08 bits per heavy atom. The molecule has 0 spiro atoms. The number of ether oxygens (including phenoxy) is 2. The lowest BCUT2D eigenvalue weighted by Gasteiger charge is -2.41. The first-order valence-corrected chi connectivity index (χ1v) is 11.7. The summed E-state index contributed by atoms with van der Waals surface area (Å²) < 4.78 is 51.5. The topological polar surface area (TPSA) is 77.4 Å². The molecule has 3 heterocycles. The highest BCUT2D eigenvalue weighted by Gasteiger charge is 2.42. The lowest BCUT2D eigenvalue weighted by Crippen LogP contribution is -2.50. The number of rotatable bonds is 6. The Morgan fingerprint density at radius 3 is 2.59 bits per heavy atom. The number of morpholine rings is 1. The van der Waals surface area contributed by atoms with Crippen LogP contribution in [0.4, 0.5) is 13.2 Å². The Labute approximate surface area is 214 Å². The highest BCUT2D eigenvalue weighted by atomic mass is 35.5. The fourth-order valence-electron chi connectivity index (χ4n) is 4.30. The first kappa shape index (κ1) is 24.9. The van der Waals surface area contributed by atoms with Gasteiger partial charge in [0.25, 0.3) is 0 Å². The van der Waals surface area contributed by atoms with Gasteiger partial charge in [0.1, 0.15) is 6.61 Å². The van der Waals surface area contributed by atoms with Crippen molar-refractivity contribution in [3.05, 3.63) is 94.4 Å². The number of pyridine rings is 1. The van der Waals surface area contributed by atoms with Gasteiger partial charge in [-0.05, 0) is 35.4 Å². The third-order valence-corrected chi connectivity index (χ3v) is 6.47. The number of hydrogen-bond acceptors (Lipinski definition) is 6. The first-order valence-electron chi connectivity index (χ1n) is 11.3. The van der Waals surface area contributed by atoms with Gasteiger partial charge < -0.3 is 14.4 Å². The minimum Gasteiger partial charge on any atom is -0.471 e. The largest absolute Gasteiger partial charge is 0.471 e. The normalized spacial score (nSPS) is 18.1. The zero-order valence-corrected chi connectivity index (χ0v) is 20.0. The summed E-state index contributed by atoms with van der Waals surface area (Å²) in [6.07, 6.45) is -3.10. The van der Waals surface area contributed by atoms with E-state index in [0.717, 1.165) is 17.8 Å². The highest BCUT2D eigenvalue weighted by molar-refractivity contribution is 6.34. The van der Waals surface area contributed by atoms with Gasteiger partial charge in [0.15, 0.2) is 10.8 Å². The highest BCUT2D eigenvalue weighted by Crippen LogP contribution is 2.40. The van der Waals surface area contributed by atoms with Gasteiger partial charge in [-0.25, -0.2) is 0 Å². The molecular formula is C26H20ClF3N4O3. The van der Waals surface area contributed by atoms with Crippen molar-refractivity contribution in [2.24, 2.45) is 0 Å². The van der Waals surface area contributed by atoms with Gasteiger partial charge in [0.05, 0.1) is 24.4 Å². The molecule has 11 heteroatoms. The number of carbonyl (C=O) groups is 1. The monoisotopic (exact) mass is 528 g/mol. The van der Waals surface area contributed by atoms with Crippen molar-refractivity contribution in [2.45, 2.75) is 18.4 Å². The van der Waals surface area contributed by atoms with Crippen LogP contribution in [0.5, 0.6) is 5.88 Å². The number of aromatic nitrogens is 3. The Morgan fingerprint density at radius 2 is 1.89 bits per heavy atom. The predicted octanol–water partition coefficient (Wildman–Crippen LogP) is 5.01. The maximum absolute atomic E-state index is 13.2. The molecule has 5 rings (SSSR count). The second kappa shape index (κ2) is 9.95. The number of benzene rings is 2. The lowest BCUT2D eigenvalue weighted by atomic mass is 9.86. The maximum Gasteiger partial charge on any atom is 0.417 e. The summed E-state index contributed by atoms with van der Waals surface area (Å²) in [5.41, 5.74) is -0.491. The number of fused-ring (bicyclic) bond motifs is 1. The van der Waals surface area contributed by atoms with Gasteiger partial charge in [-0.3, -0.25) is 9.78 Å². The van der Waals surface area contributed by atoms with Crippen LogP contribution in [0.3, 0.4) is 0 Å². The molecule has 1 atom stereocenters. The van der Waals surface area contributed by atoms with E-state index in [1.807, 2.05) is 30.3 Å². The summed E-state index contributed by atoms with van der Waals surface area (Å²) in [5.74, 6) is 0.274. The van der Waals surface area contributed by atoms with Crippen LogP contribution >= 0.6 is 11.6 Å². The van der Waals surface area contributed by atoms with E-state index in [0.29, 0.717) is 29.3 Å². The molecule has 0 saturated carbocycles. The molecule has 0 N–H and O–H groups in total. The zero-order chi connectivity index (χ0) is 26.0. The second-order valence-corrected chi connectivity index (χ2v) is 8.87. The van der Waals surface area contributed by atoms with Crippen molar-refractivity contribution in [2.75, 3.05) is 19.7 Å².